The van der Waals surface area contributed by atoms with Crippen LogP contribution >= 0.6 is 0 Å². The van der Waals surface area contributed by atoms with Gasteiger partial charge in [0.2, 0.25) is 0 Å². The van der Waals surface area contributed by atoms with Crippen LogP contribution in [0.5, 0.6) is 11.5 Å². The number of benzene rings is 1. The summed E-state index contributed by atoms with van der Waals surface area (Å²) in [5.74, 6) is 1.60. The molecule has 0 atom stereocenters. The minimum absolute atomic E-state index is 0.0307. The van der Waals surface area contributed by atoms with Crippen molar-refractivity contribution in [2.75, 3.05) is 33.9 Å². The summed E-state index contributed by atoms with van der Waals surface area (Å²) in [5.41, 5.74) is 1.02. The Morgan fingerprint density at radius 1 is 1.20 bits per heavy atom. The number of methoxy groups -OCH3 is 2. The van der Waals surface area contributed by atoms with E-state index < -0.39 is 0 Å². The Kier molecular flexibility index (Phi) is 6.70. The summed E-state index contributed by atoms with van der Waals surface area (Å²) in [5, 5.41) is 2.91. The Hall–Kier alpha value is -1.91. The van der Waals surface area contributed by atoms with E-state index in [2.05, 4.69) is 5.32 Å². The first-order valence-electron chi connectivity index (χ1n) is 6.89. The van der Waals surface area contributed by atoms with Crippen molar-refractivity contribution in [3.63, 3.8) is 0 Å². The summed E-state index contributed by atoms with van der Waals surface area (Å²) in [6, 6.07) is 5.64. The van der Waals surface area contributed by atoms with E-state index in [9.17, 15) is 4.79 Å². The van der Waals surface area contributed by atoms with Gasteiger partial charge in [-0.25, -0.2) is 4.79 Å². The van der Waals surface area contributed by atoms with Gasteiger partial charge in [0.05, 0.1) is 14.2 Å². The van der Waals surface area contributed by atoms with Crippen LogP contribution in [0.25, 0.3) is 0 Å². The number of amides is 2. The second kappa shape index (κ2) is 8.30. The molecule has 1 rings (SSSR count). The van der Waals surface area contributed by atoms with E-state index in [0.717, 1.165) is 17.1 Å². The van der Waals surface area contributed by atoms with Crippen LogP contribution in [0.1, 0.15) is 19.4 Å². The molecule has 2 amide bonds. The zero-order chi connectivity index (χ0) is 15.0. The summed E-state index contributed by atoms with van der Waals surface area (Å²) in [6.07, 6.45) is 0.702. The summed E-state index contributed by atoms with van der Waals surface area (Å²) >= 11 is 0. The zero-order valence-electron chi connectivity index (χ0n) is 12.7. The number of rotatable bonds is 7. The third-order valence-electron chi connectivity index (χ3n) is 3.21. The number of nitrogens with one attached hydrogen (secondary N) is 1. The smallest absolute Gasteiger partial charge is 0.317 e. The molecule has 1 aromatic carbocycles. The van der Waals surface area contributed by atoms with E-state index in [0.29, 0.717) is 26.1 Å². The normalized spacial score (nSPS) is 10.0. The molecule has 112 valence electrons. The summed E-state index contributed by atoms with van der Waals surface area (Å²) in [6.45, 7) is 5.93. The molecule has 0 bridgehead atoms. The van der Waals surface area contributed by atoms with E-state index in [4.69, 9.17) is 9.47 Å². The minimum atomic E-state index is -0.0307. The van der Waals surface area contributed by atoms with Gasteiger partial charge in [-0.1, -0.05) is 0 Å². The van der Waals surface area contributed by atoms with E-state index >= 15 is 0 Å². The van der Waals surface area contributed by atoms with Gasteiger partial charge in [0.15, 0.2) is 0 Å². The van der Waals surface area contributed by atoms with Gasteiger partial charge in [-0.3, -0.25) is 0 Å². The standard InChI is InChI=1S/C15H24N2O3/c1-5-17(6-2)15(18)16-10-9-12-11-13(19-3)7-8-14(12)20-4/h7-8,11H,5-6,9-10H2,1-4H3,(H,16,18). The molecule has 0 saturated carbocycles. The van der Waals surface area contributed by atoms with E-state index in [1.54, 1.807) is 19.1 Å². The van der Waals surface area contributed by atoms with Crippen LogP contribution < -0.4 is 14.8 Å². The highest BCUT2D eigenvalue weighted by Crippen LogP contribution is 2.24. The lowest BCUT2D eigenvalue weighted by Crippen LogP contribution is -2.40. The van der Waals surface area contributed by atoms with Crippen molar-refractivity contribution >= 4 is 6.03 Å². The SMILES string of the molecule is CCN(CC)C(=O)NCCc1cc(OC)ccc1OC. The first-order chi connectivity index (χ1) is 9.65. The number of carbonyl (C=O) groups is 1. The predicted octanol–water partition coefficient (Wildman–Crippen LogP) is 2.30. The first-order valence-corrected chi connectivity index (χ1v) is 6.89. The largest absolute Gasteiger partial charge is 0.497 e. The fourth-order valence-corrected chi connectivity index (χ4v) is 2.00. The number of urea groups is 1. The number of hydrogen-bond acceptors (Lipinski definition) is 3. The van der Waals surface area contributed by atoms with E-state index in [1.807, 2.05) is 32.0 Å². The van der Waals surface area contributed by atoms with Crippen molar-refractivity contribution in [2.24, 2.45) is 0 Å². The maximum absolute atomic E-state index is 11.8. The third kappa shape index (κ3) is 4.33. The van der Waals surface area contributed by atoms with Crippen LogP contribution in [0.2, 0.25) is 0 Å². The Bertz CT molecular complexity index is 431. The molecule has 0 saturated heterocycles. The van der Waals surface area contributed by atoms with Gasteiger partial charge in [-0.15, -0.1) is 0 Å². The fourth-order valence-electron chi connectivity index (χ4n) is 2.00. The van der Waals surface area contributed by atoms with Crippen molar-refractivity contribution in [3.05, 3.63) is 23.8 Å². The molecule has 0 heterocycles. The van der Waals surface area contributed by atoms with Crippen molar-refractivity contribution in [1.29, 1.82) is 0 Å². The number of ether oxygens (including phenoxy) is 2. The zero-order valence-corrected chi connectivity index (χ0v) is 12.7. The monoisotopic (exact) mass is 280 g/mol. The van der Waals surface area contributed by atoms with Gasteiger partial charge in [-0.05, 0) is 44.0 Å². The van der Waals surface area contributed by atoms with Gasteiger partial charge >= 0.3 is 6.03 Å². The Morgan fingerprint density at radius 3 is 2.45 bits per heavy atom. The summed E-state index contributed by atoms with van der Waals surface area (Å²) < 4.78 is 10.5. The predicted molar refractivity (Wildman–Crippen MR) is 79.6 cm³/mol. The molecule has 20 heavy (non-hydrogen) atoms. The number of carbonyl (C=O) groups excluding carboxylic acids is 1. The van der Waals surface area contributed by atoms with Crippen LogP contribution in [0.3, 0.4) is 0 Å². The lowest BCUT2D eigenvalue weighted by Gasteiger charge is -2.19. The molecule has 0 spiro atoms. The van der Waals surface area contributed by atoms with Crippen molar-refractivity contribution in [3.8, 4) is 11.5 Å². The Balaban J connectivity index is 2.58. The Labute approximate surface area is 120 Å². The maximum Gasteiger partial charge on any atom is 0.317 e. The van der Waals surface area contributed by atoms with Crippen molar-refractivity contribution in [2.45, 2.75) is 20.3 Å². The molecule has 0 aliphatic heterocycles. The molecule has 0 aliphatic carbocycles. The lowest BCUT2D eigenvalue weighted by atomic mass is 10.1. The van der Waals surface area contributed by atoms with Gasteiger partial charge in [0.1, 0.15) is 11.5 Å². The second-order valence-electron chi connectivity index (χ2n) is 4.33. The first kappa shape index (κ1) is 16.1. The molecule has 0 aliphatic rings. The summed E-state index contributed by atoms with van der Waals surface area (Å²) in [7, 11) is 3.27. The molecule has 5 nitrogen and oxygen atoms in total. The van der Waals surface area contributed by atoms with Crippen LogP contribution in [-0.4, -0.2) is 44.8 Å². The van der Waals surface area contributed by atoms with Crippen LogP contribution in [-0.2, 0) is 6.42 Å². The van der Waals surface area contributed by atoms with Gasteiger partial charge in [0, 0.05) is 19.6 Å². The van der Waals surface area contributed by atoms with E-state index in [-0.39, 0.29) is 6.03 Å². The molecular weight excluding hydrogens is 256 g/mol. The second-order valence-corrected chi connectivity index (χ2v) is 4.33. The molecule has 0 aromatic heterocycles. The average Bonchev–Trinajstić information content (AvgIpc) is 2.48. The highest BCUT2D eigenvalue weighted by molar-refractivity contribution is 5.74. The fraction of sp³-hybridized carbons (Fsp3) is 0.533. The quantitative estimate of drug-likeness (QED) is 0.833. The lowest BCUT2D eigenvalue weighted by molar-refractivity contribution is 0.203. The average molecular weight is 280 g/mol. The number of hydrogen-bond donors (Lipinski definition) is 1. The van der Waals surface area contributed by atoms with Crippen LogP contribution in [0.4, 0.5) is 4.79 Å². The summed E-state index contributed by atoms with van der Waals surface area (Å²) in [4.78, 5) is 13.6. The van der Waals surface area contributed by atoms with E-state index in [1.165, 1.54) is 0 Å². The van der Waals surface area contributed by atoms with Gasteiger partial charge < -0.3 is 19.7 Å². The van der Waals surface area contributed by atoms with Crippen molar-refractivity contribution < 1.29 is 14.3 Å². The maximum atomic E-state index is 11.8. The molecule has 0 unspecified atom stereocenters. The molecule has 1 N–H and O–H groups in total. The molecule has 0 radical (unpaired) electrons. The molecule has 5 heteroatoms. The highest BCUT2D eigenvalue weighted by atomic mass is 16.5. The topological polar surface area (TPSA) is 50.8 Å². The minimum Gasteiger partial charge on any atom is -0.497 e. The molecule has 0 fully saturated rings. The van der Waals surface area contributed by atoms with Crippen LogP contribution in [0.15, 0.2) is 18.2 Å². The van der Waals surface area contributed by atoms with Crippen LogP contribution in [0, 0.1) is 0 Å². The number of nitrogens with zero attached hydrogens (tertiary/aromatic N) is 1. The van der Waals surface area contributed by atoms with Gasteiger partial charge in [-0.2, -0.15) is 0 Å². The van der Waals surface area contributed by atoms with Gasteiger partial charge in [0.25, 0.3) is 0 Å². The third-order valence-corrected chi connectivity index (χ3v) is 3.21. The van der Waals surface area contributed by atoms with Crippen molar-refractivity contribution in [1.82, 2.24) is 10.2 Å². The molecule has 1 aromatic rings. The Morgan fingerprint density at radius 2 is 1.90 bits per heavy atom. The molecular formula is C15H24N2O3. The highest BCUT2D eigenvalue weighted by Gasteiger charge is 2.09.